The molecule has 1 rings (SSSR count). The maximum absolute atomic E-state index is 9.95. The molecule has 1 aromatic carbocycles. The first-order valence-electron chi connectivity index (χ1n) is 4.67. The molecular formula is C13H16O. The standard InChI is InChI=1S/C13H16O/c1-6-13(4,5)11-9(2)7-8-10(3)12(11)14/h1,7-8,14H,2-5H3. The van der Waals surface area contributed by atoms with Crippen molar-refractivity contribution in [3.8, 4) is 18.1 Å². The highest BCUT2D eigenvalue weighted by Crippen LogP contribution is 2.35. The van der Waals surface area contributed by atoms with Gasteiger partial charge in [0, 0.05) is 5.56 Å². The Hall–Kier alpha value is -1.42. The van der Waals surface area contributed by atoms with Crippen LogP contribution in [0, 0.1) is 26.2 Å². The molecule has 1 nitrogen and oxygen atoms in total. The number of hydrogen-bond donors (Lipinski definition) is 1. The Balaban J connectivity index is 3.49. The van der Waals surface area contributed by atoms with Gasteiger partial charge in [-0.05, 0) is 38.8 Å². The monoisotopic (exact) mass is 188 g/mol. The first-order valence-corrected chi connectivity index (χ1v) is 4.67. The number of phenolic OH excluding ortho intramolecular Hbond substituents is 1. The molecule has 0 spiro atoms. The van der Waals surface area contributed by atoms with Crippen LogP contribution in [0.3, 0.4) is 0 Å². The number of benzene rings is 1. The van der Waals surface area contributed by atoms with E-state index in [4.69, 9.17) is 6.42 Å². The smallest absolute Gasteiger partial charge is 0.123 e. The zero-order chi connectivity index (χ0) is 10.9. The highest BCUT2D eigenvalue weighted by molar-refractivity contribution is 5.51. The first kappa shape index (κ1) is 10.7. The molecule has 0 aliphatic carbocycles. The summed E-state index contributed by atoms with van der Waals surface area (Å²) in [7, 11) is 0. The van der Waals surface area contributed by atoms with Crippen LogP contribution in [0.25, 0.3) is 0 Å². The Labute approximate surface area is 85.8 Å². The summed E-state index contributed by atoms with van der Waals surface area (Å²) in [6.45, 7) is 7.72. The van der Waals surface area contributed by atoms with E-state index < -0.39 is 5.41 Å². The third-order valence-corrected chi connectivity index (χ3v) is 2.57. The Morgan fingerprint density at radius 3 is 2.21 bits per heavy atom. The summed E-state index contributed by atoms with van der Waals surface area (Å²) in [6.07, 6.45) is 5.47. The summed E-state index contributed by atoms with van der Waals surface area (Å²) >= 11 is 0. The zero-order valence-electron chi connectivity index (χ0n) is 9.18. The van der Waals surface area contributed by atoms with Crippen molar-refractivity contribution in [1.82, 2.24) is 0 Å². The fourth-order valence-corrected chi connectivity index (χ4v) is 1.66. The third-order valence-electron chi connectivity index (χ3n) is 2.57. The van der Waals surface area contributed by atoms with E-state index in [-0.39, 0.29) is 0 Å². The van der Waals surface area contributed by atoms with E-state index in [2.05, 4.69) is 5.92 Å². The molecule has 0 aliphatic rings. The normalized spacial score (nSPS) is 11.1. The summed E-state index contributed by atoms with van der Waals surface area (Å²) in [6, 6.07) is 3.89. The number of terminal acetylenes is 1. The topological polar surface area (TPSA) is 20.2 Å². The van der Waals surface area contributed by atoms with Gasteiger partial charge in [0.05, 0.1) is 5.41 Å². The van der Waals surface area contributed by atoms with Gasteiger partial charge in [-0.3, -0.25) is 0 Å². The van der Waals surface area contributed by atoms with Crippen LogP contribution in [0.4, 0.5) is 0 Å². The molecule has 0 atom stereocenters. The maximum Gasteiger partial charge on any atom is 0.123 e. The molecular weight excluding hydrogens is 172 g/mol. The molecule has 14 heavy (non-hydrogen) atoms. The highest BCUT2D eigenvalue weighted by Gasteiger charge is 2.24. The lowest BCUT2D eigenvalue weighted by atomic mass is 9.81. The number of aromatic hydroxyl groups is 1. The van der Waals surface area contributed by atoms with Gasteiger partial charge in [-0.2, -0.15) is 0 Å². The number of aryl methyl sites for hydroxylation is 2. The minimum atomic E-state index is -0.416. The summed E-state index contributed by atoms with van der Waals surface area (Å²) in [5.41, 5.74) is 2.35. The van der Waals surface area contributed by atoms with Crippen LogP contribution in [-0.4, -0.2) is 5.11 Å². The van der Waals surface area contributed by atoms with Crippen molar-refractivity contribution in [3.05, 3.63) is 28.8 Å². The fourth-order valence-electron chi connectivity index (χ4n) is 1.66. The molecule has 1 heteroatoms. The average Bonchev–Trinajstić information content (AvgIpc) is 2.12. The Kier molecular flexibility index (Phi) is 2.57. The molecule has 0 aromatic heterocycles. The molecule has 1 N–H and O–H groups in total. The van der Waals surface area contributed by atoms with Gasteiger partial charge < -0.3 is 5.11 Å². The van der Waals surface area contributed by atoms with Gasteiger partial charge in [0.2, 0.25) is 0 Å². The van der Waals surface area contributed by atoms with Crippen molar-refractivity contribution in [1.29, 1.82) is 0 Å². The quantitative estimate of drug-likeness (QED) is 0.672. The minimum absolute atomic E-state index is 0.327. The summed E-state index contributed by atoms with van der Waals surface area (Å²) in [4.78, 5) is 0. The van der Waals surface area contributed by atoms with Gasteiger partial charge in [-0.1, -0.05) is 18.1 Å². The van der Waals surface area contributed by atoms with Crippen LogP contribution in [0.1, 0.15) is 30.5 Å². The van der Waals surface area contributed by atoms with Crippen LogP contribution >= 0.6 is 0 Å². The van der Waals surface area contributed by atoms with Crippen LogP contribution in [0.15, 0.2) is 12.1 Å². The van der Waals surface area contributed by atoms with Crippen LogP contribution < -0.4 is 0 Å². The molecule has 0 fully saturated rings. The summed E-state index contributed by atoms with van der Waals surface area (Å²) in [5.74, 6) is 3.03. The third kappa shape index (κ3) is 1.61. The van der Waals surface area contributed by atoms with Gasteiger partial charge >= 0.3 is 0 Å². The average molecular weight is 188 g/mol. The first-order chi connectivity index (χ1) is 6.40. The van der Waals surface area contributed by atoms with E-state index in [1.54, 1.807) is 0 Å². The van der Waals surface area contributed by atoms with Crippen LogP contribution in [0.5, 0.6) is 5.75 Å². The van der Waals surface area contributed by atoms with Crippen molar-refractivity contribution < 1.29 is 5.11 Å². The molecule has 0 amide bonds. The second-order valence-electron chi connectivity index (χ2n) is 4.19. The predicted molar refractivity (Wildman–Crippen MR) is 59.4 cm³/mol. The fraction of sp³-hybridized carbons (Fsp3) is 0.385. The second kappa shape index (κ2) is 3.38. The zero-order valence-corrected chi connectivity index (χ0v) is 9.18. The SMILES string of the molecule is C#CC(C)(C)c1c(C)ccc(C)c1O. The number of rotatable bonds is 1. The van der Waals surface area contributed by atoms with Crippen molar-refractivity contribution in [2.24, 2.45) is 0 Å². The summed E-state index contributed by atoms with van der Waals surface area (Å²) < 4.78 is 0. The van der Waals surface area contributed by atoms with E-state index in [1.807, 2.05) is 39.8 Å². The maximum atomic E-state index is 9.95. The minimum Gasteiger partial charge on any atom is -0.507 e. The van der Waals surface area contributed by atoms with Gasteiger partial charge in [0.1, 0.15) is 5.75 Å². The van der Waals surface area contributed by atoms with E-state index in [0.717, 1.165) is 16.7 Å². The van der Waals surface area contributed by atoms with Crippen LogP contribution in [-0.2, 0) is 5.41 Å². The van der Waals surface area contributed by atoms with Gasteiger partial charge in [-0.25, -0.2) is 0 Å². The predicted octanol–water partition coefficient (Wildman–Crippen LogP) is 2.92. The molecule has 0 heterocycles. The van der Waals surface area contributed by atoms with Crippen molar-refractivity contribution in [3.63, 3.8) is 0 Å². The Bertz CT molecular complexity index is 394. The van der Waals surface area contributed by atoms with Gasteiger partial charge in [-0.15, -0.1) is 6.42 Å². The van der Waals surface area contributed by atoms with E-state index >= 15 is 0 Å². The number of phenols is 1. The Morgan fingerprint density at radius 1 is 1.21 bits per heavy atom. The molecule has 0 aliphatic heterocycles. The van der Waals surface area contributed by atoms with E-state index in [9.17, 15) is 5.11 Å². The molecule has 0 radical (unpaired) electrons. The highest BCUT2D eigenvalue weighted by atomic mass is 16.3. The van der Waals surface area contributed by atoms with Crippen molar-refractivity contribution >= 4 is 0 Å². The molecule has 0 bridgehead atoms. The largest absolute Gasteiger partial charge is 0.507 e. The van der Waals surface area contributed by atoms with E-state index in [1.165, 1.54) is 0 Å². The molecule has 74 valence electrons. The molecule has 0 unspecified atom stereocenters. The molecule has 0 saturated heterocycles. The summed E-state index contributed by atoms with van der Waals surface area (Å²) in [5, 5.41) is 9.95. The van der Waals surface area contributed by atoms with Gasteiger partial charge in [0.25, 0.3) is 0 Å². The van der Waals surface area contributed by atoms with E-state index in [0.29, 0.717) is 5.75 Å². The Morgan fingerprint density at radius 2 is 1.71 bits per heavy atom. The lowest BCUT2D eigenvalue weighted by Gasteiger charge is -2.22. The van der Waals surface area contributed by atoms with Gasteiger partial charge in [0.15, 0.2) is 0 Å². The lowest BCUT2D eigenvalue weighted by molar-refractivity contribution is 0.452. The molecule has 0 saturated carbocycles. The lowest BCUT2D eigenvalue weighted by Crippen LogP contribution is -2.16. The van der Waals surface area contributed by atoms with Crippen molar-refractivity contribution in [2.75, 3.05) is 0 Å². The van der Waals surface area contributed by atoms with Crippen LogP contribution in [0.2, 0.25) is 0 Å². The second-order valence-corrected chi connectivity index (χ2v) is 4.19. The number of hydrogen-bond acceptors (Lipinski definition) is 1. The van der Waals surface area contributed by atoms with Crippen molar-refractivity contribution in [2.45, 2.75) is 33.1 Å². The molecule has 1 aromatic rings.